The van der Waals surface area contributed by atoms with E-state index >= 15 is 0 Å². The molecule has 0 saturated carbocycles. The summed E-state index contributed by atoms with van der Waals surface area (Å²) >= 11 is 0. The van der Waals surface area contributed by atoms with Gasteiger partial charge in [0, 0.05) is 18.7 Å². The summed E-state index contributed by atoms with van der Waals surface area (Å²) in [6.45, 7) is 5.26. The molecule has 8 heteroatoms. The molecule has 2 N–H and O–H groups in total. The summed E-state index contributed by atoms with van der Waals surface area (Å²) in [5, 5.41) is 21.7. The number of Topliss-reactive ketones (excluding diaryl/α,β-unsaturated/α-hetero) is 1. The quantitative estimate of drug-likeness (QED) is 0.332. The largest absolute Gasteiger partial charge is 0.507 e. The van der Waals surface area contributed by atoms with E-state index in [9.17, 15) is 19.8 Å². The van der Waals surface area contributed by atoms with Crippen molar-refractivity contribution in [3.63, 3.8) is 0 Å². The number of hydrogen-bond acceptors (Lipinski definition) is 7. The summed E-state index contributed by atoms with van der Waals surface area (Å²) in [7, 11) is 1.44. The van der Waals surface area contributed by atoms with E-state index in [1.165, 1.54) is 18.1 Å². The van der Waals surface area contributed by atoms with Crippen LogP contribution in [0.1, 0.15) is 48.9 Å². The molecule has 4 rings (SSSR count). The molecule has 35 heavy (non-hydrogen) atoms. The molecular formula is C27H31NO7. The van der Waals surface area contributed by atoms with Crippen molar-refractivity contribution in [1.29, 1.82) is 0 Å². The fourth-order valence-corrected chi connectivity index (χ4v) is 4.63. The van der Waals surface area contributed by atoms with Crippen LogP contribution in [-0.2, 0) is 14.3 Å². The number of nitrogens with zero attached hydrogens (tertiary/aromatic N) is 1. The first-order chi connectivity index (χ1) is 16.8. The van der Waals surface area contributed by atoms with Crippen LogP contribution in [0.15, 0.2) is 42.0 Å². The van der Waals surface area contributed by atoms with Gasteiger partial charge in [-0.05, 0) is 67.6 Å². The van der Waals surface area contributed by atoms with Crippen LogP contribution >= 0.6 is 0 Å². The molecule has 0 spiro atoms. The van der Waals surface area contributed by atoms with Gasteiger partial charge in [-0.25, -0.2) is 0 Å². The predicted octanol–water partition coefficient (Wildman–Crippen LogP) is 4.10. The maximum absolute atomic E-state index is 13.2. The van der Waals surface area contributed by atoms with Crippen LogP contribution in [-0.4, -0.2) is 59.8 Å². The van der Waals surface area contributed by atoms with Gasteiger partial charge < -0.3 is 29.3 Å². The molecule has 2 aromatic rings. The number of methoxy groups -OCH3 is 1. The van der Waals surface area contributed by atoms with Crippen LogP contribution in [0.5, 0.6) is 17.2 Å². The lowest BCUT2D eigenvalue weighted by atomic mass is 9.94. The molecule has 2 unspecified atom stereocenters. The third-order valence-corrected chi connectivity index (χ3v) is 6.39. The zero-order chi connectivity index (χ0) is 25.1. The zero-order valence-corrected chi connectivity index (χ0v) is 20.2. The van der Waals surface area contributed by atoms with E-state index in [2.05, 4.69) is 0 Å². The number of ketones is 1. The molecule has 2 aliphatic rings. The average molecular weight is 482 g/mol. The number of aryl methyl sites for hydroxylation is 1. The lowest BCUT2D eigenvalue weighted by molar-refractivity contribution is -0.140. The number of ether oxygens (including phenoxy) is 3. The Balaban J connectivity index is 1.80. The number of rotatable bonds is 8. The van der Waals surface area contributed by atoms with Gasteiger partial charge >= 0.3 is 0 Å². The van der Waals surface area contributed by atoms with Gasteiger partial charge in [-0.2, -0.15) is 0 Å². The van der Waals surface area contributed by atoms with Crippen LogP contribution in [0.2, 0.25) is 0 Å². The molecule has 2 fully saturated rings. The molecule has 2 heterocycles. The highest BCUT2D eigenvalue weighted by molar-refractivity contribution is 6.46. The van der Waals surface area contributed by atoms with Crippen molar-refractivity contribution in [2.45, 2.75) is 45.3 Å². The summed E-state index contributed by atoms with van der Waals surface area (Å²) in [5.41, 5.74) is 1.67. The van der Waals surface area contributed by atoms with Crippen molar-refractivity contribution in [3.05, 3.63) is 58.7 Å². The number of benzene rings is 2. The van der Waals surface area contributed by atoms with Gasteiger partial charge in [-0.3, -0.25) is 9.59 Å². The molecule has 1 amide bonds. The first-order valence-electron chi connectivity index (χ1n) is 11.9. The number of amides is 1. The molecule has 0 aromatic heterocycles. The number of hydrogen-bond donors (Lipinski definition) is 2. The molecule has 2 saturated heterocycles. The van der Waals surface area contributed by atoms with Gasteiger partial charge in [-0.15, -0.1) is 0 Å². The Kier molecular flexibility index (Phi) is 7.31. The number of phenolic OH excluding ortho intramolecular Hbond substituents is 1. The van der Waals surface area contributed by atoms with E-state index in [0.29, 0.717) is 30.1 Å². The molecular weight excluding hydrogens is 450 g/mol. The first-order valence-corrected chi connectivity index (χ1v) is 11.9. The third kappa shape index (κ3) is 4.84. The van der Waals surface area contributed by atoms with Crippen LogP contribution in [0.3, 0.4) is 0 Å². The Morgan fingerprint density at radius 3 is 2.57 bits per heavy atom. The van der Waals surface area contributed by atoms with Crippen molar-refractivity contribution < 1.29 is 34.0 Å². The summed E-state index contributed by atoms with van der Waals surface area (Å²) in [6, 6.07) is 8.97. The third-order valence-electron chi connectivity index (χ3n) is 6.39. The molecule has 186 valence electrons. The van der Waals surface area contributed by atoms with Crippen molar-refractivity contribution in [3.8, 4) is 17.2 Å². The first kappa shape index (κ1) is 24.6. The molecule has 8 nitrogen and oxygen atoms in total. The summed E-state index contributed by atoms with van der Waals surface area (Å²) in [4.78, 5) is 27.8. The number of carbonyl (C=O) groups excluding carboxylic acids is 2. The Morgan fingerprint density at radius 1 is 1.17 bits per heavy atom. The van der Waals surface area contributed by atoms with Crippen molar-refractivity contribution in [1.82, 2.24) is 4.90 Å². The molecule has 0 radical (unpaired) electrons. The van der Waals surface area contributed by atoms with Crippen molar-refractivity contribution in [2.75, 3.05) is 26.9 Å². The highest BCUT2D eigenvalue weighted by atomic mass is 16.5. The van der Waals surface area contributed by atoms with E-state index in [1.54, 1.807) is 30.3 Å². The van der Waals surface area contributed by atoms with Gasteiger partial charge in [0.2, 0.25) is 0 Å². The lowest BCUT2D eigenvalue weighted by Gasteiger charge is -2.27. The minimum absolute atomic E-state index is 0.0285. The second-order valence-corrected chi connectivity index (χ2v) is 8.85. The maximum Gasteiger partial charge on any atom is 0.295 e. The van der Waals surface area contributed by atoms with Crippen LogP contribution in [0.25, 0.3) is 5.76 Å². The van der Waals surface area contributed by atoms with Gasteiger partial charge in [-0.1, -0.05) is 13.0 Å². The number of phenols is 1. The van der Waals surface area contributed by atoms with Crippen molar-refractivity contribution in [2.24, 2.45) is 0 Å². The van der Waals surface area contributed by atoms with Gasteiger partial charge in [0.1, 0.15) is 11.5 Å². The topological polar surface area (TPSA) is 106 Å². The van der Waals surface area contributed by atoms with E-state index in [4.69, 9.17) is 14.2 Å². The second-order valence-electron chi connectivity index (χ2n) is 8.85. The minimum atomic E-state index is -0.882. The molecule has 0 aliphatic carbocycles. The molecule has 2 aromatic carbocycles. The van der Waals surface area contributed by atoms with Crippen LogP contribution in [0.4, 0.5) is 0 Å². The predicted molar refractivity (Wildman–Crippen MR) is 130 cm³/mol. The monoisotopic (exact) mass is 481 g/mol. The van der Waals surface area contributed by atoms with Crippen LogP contribution in [0, 0.1) is 6.92 Å². The van der Waals surface area contributed by atoms with Gasteiger partial charge in [0.15, 0.2) is 11.5 Å². The van der Waals surface area contributed by atoms with Gasteiger partial charge in [0.25, 0.3) is 11.7 Å². The number of carbonyl (C=O) groups is 2. The average Bonchev–Trinajstić information content (AvgIpc) is 3.45. The number of aromatic hydroxyl groups is 1. The molecule has 2 aliphatic heterocycles. The molecule has 2 atom stereocenters. The Labute approximate surface area is 204 Å². The Bertz CT molecular complexity index is 1150. The Morgan fingerprint density at radius 2 is 1.94 bits per heavy atom. The number of aliphatic hydroxyl groups excluding tert-OH is 1. The fourth-order valence-electron chi connectivity index (χ4n) is 4.63. The summed E-state index contributed by atoms with van der Waals surface area (Å²) in [5.74, 6) is -0.918. The van der Waals surface area contributed by atoms with E-state index in [1.807, 2.05) is 13.8 Å². The van der Waals surface area contributed by atoms with E-state index < -0.39 is 17.7 Å². The van der Waals surface area contributed by atoms with Crippen LogP contribution < -0.4 is 9.47 Å². The van der Waals surface area contributed by atoms with Crippen molar-refractivity contribution >= 4 is 17.4 Å². The SMILES string of the molecule is CCCOc1ccc(/C(O)=C2/C(=O)C(=O)N(CC3CCCO3)C2c2ccc(OC)c(O)c2)cc1C. The molecule has 0 bridgehead atoms. The highest BCUT2D eigenvalue weighted by Crippen LogP contribution is 2.42. The van der Waals surface area contributed by atoms with E-state index in [-0.39, 0.29) is 35.5 Å². The maximum atomic E-state index is 13.2. The smallest absolute Gasteiger partial charge is 0.295 e. The second kappa shape index (κ2) is 10.4. The van der Waals surface area contributed by atoms with E-state index in [0.717, 1.165) is 24.8 Å². The minimum Gasteiger partial charge on any atom is -0.507 e. The fraction of sp³-hybridized carbons (Fsp3) is 0.407. The lowest BCUT2D eigenvalue weighted by Crippen LogP contribution is -2.36. The normalized spacial score (nSPS) is 21.5. The number of likely N-dealkylation sites (tertiary alicyclic amines) is 1. The van der Waals surface area contributed by atoms with Gasteiger partial charge in [0.05, 0.1) is 31.4 Å². The zero-order valence-electron chi connectivity index (χ0n) is 20.2. The summed E-state index contributed by atoms with van der Waals surface area (Å²) < 4.78 is 16.6. The summed E-state index contributed by atoms with van der Waals surface area (Å²) in [6.07, 6.45) is 2.33. The standard InChI is InChI=1S/C27H31NO7/c1-4-11-35-21-9-8-18(13-16(21)2)25(30)23-24(17-7-10-22(33-3)20(29)14-17)28(27(32)26(23)31)15-19-6-5-12-34-19/h7-10,13-14,19,24,29-30H,4-6,11-12,15H2,1-3H3/b25-23-. The number of aliphatic hydroxyl groups is 1. The Hall–Kier alpha value is -3.52. The highest BCUT2D eigenvalue weighted by Gasteiger charge is 2.47.